The lowest BCUT2D eigenvalue weighted by atomic mass is 9.97. The van der Waals surface area contributed by atoms with E-state index in [0.717, 1.165) is 29.2 Å². The number of piperidine rings is 1. The maximum Gasteiger partial charge on any atom is 0.416 e. The van der Waals surface area contributed by atoms with Crippen LogP contribution in [0.5, 0.6) is 5.75 Å². The van der Waals surface area contributed by atoms with Gasteiger partial charge in [-0.25, -0.2) is 9.18 Å². The van der Waals surface area contributed by atoms with E-state index in [1.807, 2.05) is 0 Å². The maximum absolute atomic E-state index is 13.6. The number of nitrogens with zero attached hydrogens (tertiary/aromatic N) is 1. The van der Waals surface area contributed by atoms with Crippen LogP contribution in [0.4, 0.5) is 28.0 Å². The SMILES string of the molecule is CC(C)(C)OC(=O)N1CC(NC(=O)COc2ccc(Cl)c(F)c2)CCC1C(=O)Nc1cccc(C(F)(F)F)c1. The van der Waals surface area contributed by atoms with Crippen LogP contribution in [0.1, 0.15) is 39.2 Å². The number of alkyl halides is 3. The van der Waals surface area contributed by atoms with E-state index in [9.17, 15) is 31.9 Å². The van der Waals surface area contributed by atoms with Gasteiger partial charge in [-0.05, 0) is 63.9 Å². The van der Waals surface area contributed by atoms with E-state index in [0.29, 0.717) is 0 Å². The monoisotopic (exact) mass is 573 g/mol. The molecule has 8 nitrogen and oxygen atoms in total. The molecule has 2 atom stereocenters. The van der Waals surface area contributed by atoms with Crippen LogP contribution in [-0.4, -0.2) is 53.6 Å². The van der Waals surface area contributed by atoms with Crippen LogP contribution < -0.4 is 15.4 Å². The fourth-order valence-corrected chi connectivity index (χ4v) is 3.98. The second-order valence-corrected chi connectivity index (χ2v) is 10.3. The molecule has 0 spiro atoms. The van der Waals surface area contributed by atoms with Crippen molar-refractivity contribution in [3.05, 3.63) is 58.9 Å². The number of carbonyl (C=O) groups is 3. The molecule has 1 aliphatic rings. The Morgan fingerprint density at radius 2 is 1.79 bits per heavy atom. The molecule has 0 aromatic heterocycles. The molecule has 2 N–H and O–H groups in total. The Morgan fingerprint density at radius 3 is 2.44 bits per heavy atom. The van der Waals surface area contributed by atoms with Crippen molar-refractivity contribution in [2.75, 3.05) is 18.5 Å². The van der Waals surface area contributed by atoms with Gasteiger partial charge in [-0.1, -0.05) is 17.7 Å². The Balaban J connectivity index is 1.68. The minimum Gasteiger partial charge on any atom is -0.484 e. The van der Waals surface area contributed by atoms with Crippen LogP contribution in [0.2, 0.25) is 5.02 Å². The third-order valence-electron chi connectivity index (χ3n) is 5.60. The molecular weight excluding hydrogens is 546 g/mol. The number of ether oxygens (including phenoxy) is 2. The predicted molar refractivity (Wildman–Crippen MR) is 135 cm³/mol. The first-order chi connectivity index (χ1) is 18.1. The second kappa shape index (κ2) is 12.1. The molecule has 0 saturated carbocycles. The van der Waals surface area contributed by atoms with E-state index < -0.39 is 59.8 Å². The molecule has 0 aliphatic carbocycles. The molecule has 2 aromatic carbocycles. The molecule has 0 bridgehead atoms. The van der Waals surface area contributed by atoms with Crippen LogP contribution in [-0.2, 0) is 20.5 Å². The summed E-state index contributed by atoms with van der Waals surface area (Å²) in [6.07, 6.45) is -5.04. The summed E-state index contributed by atoms with van der Waals surface area (Å²) < 4.78 is 63.5. The van der Waals surface area contributed by atoms with Gasteiger partial charge >= 0.3 is 12.3 Å². The quantitative estimate of drug-likeness (QED) is 0.451. The fraction of sp³-hybridized carbons (Fsp3) is 0.423. The van der Waals surface area contributed by atoms with Gasteiger partial charge in [0.05, 0.1) is 10.6 Å². The lowest BCUT2D eigenvalue weighted by molar-refractivity contribution is -0.137. The molecule has 2 unspecified atom stereocenters. The summed E-state index contributed by atoms with van der Waals surface area (Å²) in [5.74, 6) is -1.86. The van der Waals surface area contributed by atoms with E-state index in [1.165, 1.54) is 18.2 Å². The smallest absolute Gasteiger partial charge is 0.416 e. The van der Waals surface area contributed by atoms with Crippen LogP contribution in [0.3, 0.4) is 0 Å². The number of carbonyl (C=O) groups excluding carboxylic acids is 3. The minimum absolute atomic E-state index is 0.0785. The number of amides is 3. The summed E-state index contributed by atoms with van der Waals surface area (Å²) in [5, 5.41) is 5.05. The first kappa shape index (κ1) is 30.0. The van der Waals surface area contributed by atoms with Gasteiger partial charge in [0.15, 0.2) is 6.61 Å². The molecule has 3 amide bonds. The van der Waals surface area contributed by atoms with Crippen LogP contribution in [0, 0.1) is 5.82 Å². The number of hydrogen-bond acceptors (Lipinski definition) is 5. The highest BCUT2D eigenvalue weighted by Gasteiger charge is 2.39. The maximum atomic E-state index is 13.6. The Hall–Kier alpha value is -3.54. The first-order valence-corrected chi connectivity index (χ1v) is 12.3. The van der Waals surface area contributed by atoms with Gasteiger partial charge < -0.3 is 20.1 Å². The van der Waals surface area contributed by atoms with Crippen molar-refractivity contribution in [3.8, 4) is 5.75 Å². The van der Waals surface area contributed by atoms with Gasteiger partial charge in [0, 0.05) is 24.3 Å². The summed E-state index contributed by atoms with van der Waals surface area (Å²) in [4.78, 5) is 39.6. The van der Waals surface area contributed by atoms with E-state index >= 15 is 0 Å². The molecule has 1 heterocycles. The Labute approximate surface area is 227 Å². The number of likely N-dealkylation sites (tertiary alicyclic amines) is 1. The zero-order valence-electron chi connectivity index (χ0n) is 21.4. The Bertz CT molecular complexity index is 1220. The van der Waals surface area contributed by atoms with Gasteiger partial charge in [0.2, 0.25) is 5.91 Å². The Morgan fingerprint density at radius 1 is 1.08 bits per heavy atom. The molecule has 3 rings (SSSR count). The van der Waals surface area contributed by atoms with Crippen LogP contribution in [0.15, 0.2) is 42.5 Å². The normalized spacial score (nSPS) is 17.8. The average Bonchev–Trinajstić information content (AvgIpc) is 2.83. The highest BCUT2D eigenvalue weighted by molar-refractivity contribution is 6.30. The summed E-state index contributed by atoms with van der Waals surface area (Å²) in [5.41, 5.74) is -1.90. The van der Waals surface area contributed by atoms with Crippen molar-refractivity contribution >= 4 is 35.2 Å². The van der Waals surface area contributed by atoms with Crippen molar-refractivity contribution < 1.29 is 41.4 Å². The molecule has 39 heavy (non-hydrogen) atoms. The molecular formula is C26H28ClF4N3O5. The van der Waals surface area contributed by atoms with Crippen LogP contribution >= 0.6 is 11.6 Å². The van der Waals surface area contributed by atoms with Crippen molar-refractivity contribution in [2.45, 2.75) is 57.5 Å². The number of nitrogens with one attached hydrogen (secondary N) is 2. The van der Waals surface area contributed by atoms with Crippen molar-refractivity contribution in [3.63, 3.8) is 0 Å². The van der Waals surface area contributed by atoms with E-state index in [4.69, 9.17) is 21.1 Å². The van der Waals surface area contributed by atoms with Crippen molar-refractivity contribution in [1.82, 2.24) is 10.2 Å². The second-order valence-electron chi connectivity index (χ2n) is 9.92. The first-order valence-electron chi connectivity index (χ1n) is 12.0. The third kappa shape index (κ3) is 8.74. The number of halogens is 5. The molecule has 1 saturated heterocycles. The van der Waals surface area contributed by atoms with Gasteiger partial charge in [-0.3, -0.25) is 14.5 Å². The number of hydrogen-bond donors (Lipinski definition) is 2. The summed E-state index contributed by atoms with van der Waals surface area (Å²) in [6.45, 7) is 4.38. The fourth-order valence-electron chi connectivity index (χ4n) is 3.87. The standard InChI is InChI=1S/C26H28ClF4N3O5/c1-25(2,3)39-24(37)34-13-17(32-22(35)14-38-18-8-9-19(27)20(28)12-18)7-10-21(34)23(36)33-16-6-4-5-15(11-16)26(29,30)31/h4-6,8-9,11-12,17,21H,7,10,13-14H2,1-3H3,(H,32,35)(H,33,36). The van der Waals surface area contributed by atoms with E-state index in [-0.39, 0.29) is 35.8 Å². The molecule has 1 aliphatic heterocycles. The largest absolute Gasteiger partial charge is 0.484 e. The van der Waals surface area contributed by atoms with E-state index in [1.54, 1.807) is 20.8 Å². The van der Waals surface area contributed by atoms with Crippen molar-refractivity contribution in [2.24, 2.45) is 0 Å². The molecule has 212 valence electrons. The number of rotatable bonds is 6. The lowest BCUT2D eigenvalue weighted by Gasteiger charge is -2.39. The predicted octanol–water partition coefficient (Wildman–Crippen LogP) is 5.40. The van der Waals surface area contributed by atoms with Gasteiger partial charge in [-0.15, -0.1) is 0 Å². The highest BCUT2D eigenvalue weighted by Crippen LogP contribution is 2.31. The number of anilines is 1. The average molecular weight is 574 g/mol. The molecule has 1 fully saturated rings. The summed E-state index contributed by atoms with van der Waals surface area (Å²) >= 11 is 5.63. The minimum atomic E-state index is -4.59. The lowest BCUT2D eigenvalue weighted by Crippen LogP contribution is -2.58. The van der Waals surface area contributed by atoms with E-state index in [2.05, 4.69) is 10.6 Å². The number of benzene rings is 2. The van der Waals surface area contributed by atoms with Gasteiger partial charge in [0.1, 0.15) is 23.2 Å². The zero-order chi connectivity index (χ0) is 29.0. The Kier molecular flexibility index (Phi) is 9.31. The van der Waals surface area contributed by atoms with Crippen molar-refractivity contribution in [1.29, 1.82) is 0 Å². The zero-order valence-corrected chi connectivity index (χ0v) is 22.2. The molecule has 13 heteroatoms. The summed E-state index contributed by atoms with van der Waals surface area (Å²) in [7, 11) is 0. The topological polar surface area (TPSA) is 97.0 Å². The van der Waals surface area contributed by atoms with Gasteiger partial charge in [-0.2, -0.15) is 13.2 Å². The third-order valence-corrected chi connectivity index (χ3v) is 5.90. The molecule has 2 aromatic rings. The molecule has 0 radical (unpaired) electrons. The van der Waals surface area contributed by atoms with Gasteiger partial charge in [0.25, 0.3) is 5.91 Å². The highest BCUT2D eigenvalue weighted by atomic mass is 35.5. The summed E-state index contributed by atoms with van der Waals surface area (Å²) in [6, 6.07) is 6.24. The van der Waals surface area contributed by atoms with Crippen LogP contribution in [0.25, 0.3) is 0 Å².